The molecule has 0 atom stereocenters. The Morgan fingerprint density at radius 2 is 1.72 bits per heavy atom. The smallest absolute Gasteiger partial charge is 0.264 e. The van der Waals surface area contributed by atoms with E-state index in [1.165, 1.54) is 10.3 Å². The van der Waals surface area contributed by atoms with Crippen LogP contribution in [0.4, 0.5) is 5.69 Å². The standard InChI is InChI=1S/C25H23N3O2S2/c1-15-5-11-21(17(3)12-15)30-14-23(29)28-25(31)26-19-8-6-18(7-9-19)24-27-20-10-4-16(2)13-22(20)32-24/h4-13H,14H2,1-3H3,(H2,26,28,29,31). The van der Waals surface area contributed by atoms with E-state index in [0.29, 0.717) is 5.75 Å². The number of anilines is 1. The molecule has 0 bridgehead atoms. The maximum Gasteiger partial charge on any atom is 0.264 e. The molecule has 2 N–H and O–H groups in total. The highest BCUT2D eigenvalue weighted by Gasteiger charge is 2.09. The fourth-order valence-corrected chi connectivity index (χ4v) is 4.58. The summed E-state index contributed by atoms with van der Waals surface area (Å²) in [6.45, 7) is 5.93. The molecule has 4 rings (SSSR count). The number of aryl methyl sites for hydroxylation is 3. The summed E-state index contributed by atoms with van der Waals surface area (Å²) in [7, 11) is 0. The predicted octanol–water partition coefficient (Wildman–Crippen LogP) is 5.78. The molecule has 1 heterocycles. The minimum absolute atomic E-state index is 0.109. The van der Waals surface area contributed by atoms with Crippen LogP contribution in [0.25, 0.3) is 20.8 Å². The van der Waals surface area contributed by atoms with Crippen LogP contribution in [0.3, 0.4) is 0 Å². The summed E-state index contributed by atoms with van der Waals surface area (Å²) < 4.78 is 6.77. The van der Waals surface area contributed by atoms with Gasteiger partial charge in [0.25, 0.3) is 5.91 Å². The van der Waals surface area contributed by atoms with Gasteiger partial charge in [-0.15, -0.1) is 11.3 Å². The second-order valence-corrected chi connectivity index (χ2v) is 9.07. The third-order valence-corrected chi connectivity index (χ3v) is 6.15. The number of fused-ring (bicyclic) bond motifs is 1. The number of nitrogens with zero attached hydrogens (tertiary/aromatic N) is 1. The number of thiocarbonyl (C=S) groups is 1. The second-order valence-electron chi connectivity index (χ2n) is 7.63. The zero-order valence-electron chi connectivity index (χ0n) is 18.1. The fraction of sp³-hybridized carbons (Fsp3) is 0.160. The van der Waals surface area contributed by atoms with Crippen LogP contribution in [0.5, 0.6) is 5.75 Å². The lowest BCUT2D eigenvalue weighted by molar-refractivity contribution is -0.121. The van der Waals surface area contributed by atoms with Crippen molar-refractivity contribution >= 4 is 50.5 Å². The van der Waals surface area contributed by atoms with Gasteiger partial charge in [-0.05, 0) is 86.6 Å². The minimum Gasteiger partial charge on any atom is -0.483 e. The summed E-state index contributed by atoms with van der Waals surface area (Å²) in [6.07, 6.45) is 0. The van der Waals surface area contributed by atoms with Crippen LogP contribution in [0.1, 0.15) is 16.7 Å². The molecule has 0 radical (unpaired) electrons. The molecule has 0 aliphatic rings. The van der Waals surface area contributed by atoms with E-state index in [1.54, 1.807) is 11.3 Å². The van der Waals surface area contributed by atoms with Gasteiger partial charge >= 0.3 is 0 Å². The molecule has 32 heavy (non-hydrogen) atoms. The van der Waals surface area contributed by atoms with E-state index >= 15 is 0 Å². The van der Waals surface area contributed by atoms with Crippen LogP contribution in [-0.4, -0.2) is 22.6 Å². The Labute approximate surface area is 196 Å². The Morgan fingerprint density at radius 3 is 2.47 bits per heavy atom. The van der Waals surface area contributed by atoms with Crippen molar-refractivity contribution in [2.75, 3.05) is 11.9 Å². The fourth-order valence-electron chi connectivity index (χ4n) is 3.28. The number of carbonyl (C=O) groups is 1. The third kappa shape index (κ3) is 5.30. The number of carbonyl (C=O) groups excluding carboxylic acids is 1. The predicted molar refractivity (Wildman–Crippen MR) is 136 cm³/mol. The van der Waals surface area contributed by atoms with Crippen LogP contribution in [0.2, 0.25) is 0 Å². The molecule has 0 saturated carbocycles. The van der Waals surface area contributed by atoms with Gasteiger partial charge in [0.1, 0.15) is 10.8 Å². The summed E-state index contributed by atoms with van der Waals surface area (Å²) in [4.78, 5) is 16.9. The normalized spacial score (nSPS) is 10.7. The summed E-state index contributed by atoms with van der Waals surface area (Å²) in [5.41, 5.74) is 6.18. The van der Waals surface area contributed by atoms with Gasteiger partial charge in [0, 0.05) is 11.3 Å². The second kappa shape index (κ2) is 9.46. The molecule has 0 unspecified atom stereocenters. The number of rotatable bonds is 5. The first kappa shape index (κ1) is 21.9. The van der Waals surface area contributed by atoms with Crippen molar-refractivity contribution in [1.29, 1.82) is 0 Å². The number of nitrogens with one attached hydrogen (secondary N) is 2. The first-order chi connectivity index (χ1) is 15.4. The molecule has 1 amide bonds. The van der Waals surface area contributed by atoms with Crippen LogP contribution < -0.4 is 15.4 Å². The quantitative estimate of drug-likeness (QED) is 0.369. The number of ether oxygens (including phenoxy) is 1. The molecular formula is C25H23N3O2S2. The van der Waals surface area contributed by atoms with E-state index in [2.05, 4.69) is 29.7 Å². The van der Waals surface area contributed by atoms with E-state index < -0.39 is 0 Å². The van der Waals surface area contributed by atoms with Crippen molar-refractivity contribution in [1.82, 2.24) is 10.3 Å². The number of thiazole rings is 1. The lowest BCUT2D eigenvalue weighted by Gasteiger charge is -2.12. The highest BCUT2D eigenvalue weighted by Crippen LogP contribution is 2.31. The third-order valence-electron chi connectivity index (χ3n) is 4.88. The first-order valence-electron chi connectivity index (χ1n) is 10.2. The zero-order valence-corrected chi connectivity index (χ0v) is 19.7. The number of aromatic nitrogens is 1. The zero-order chi connectivity index (χ0) is 22.7. The number of hydrogen-bond donors (Lipinski definition) is 2. The summed E-state index contributed by atoms with van der Waals surface area (Å²) in [5, 5.41) is 6.87. The van der Waals surface area contributed by atoms with Crippen LogP contribution in [0, 0.1) is 20.8 Å². The lowest BCUT2D eigenvalue weighted by atomic mass is 10.1. The first-order valence-corrected chi connectivity index (χ1v) is 11.4. The Balaban J connectivity index is 1.32. The van der Waals surface area contributed by atoms with Gasteiger partial charge in [0.05, 0.1) is 10.2 Å². The van der Waals surface area contributed by atoms with Gasteiger partial charge in [-0.2, -0.15) is 0 Å². The SMILES string of the molecule is Cc1ccc(OCC(=O)NC(=S)Nc2ccc(-c3nc4ccc(C)cc4s3)cc2)c(C)c1. The summed E-state index contributed by atoms with van der Waals surface area (Å²) in [5.74, 6) is 0.370. The lowest BCUT2D eigenvalue weighted by Crippen LogP contribution is -2.37. The monoisotopic (exact) mass is 461 g/mol. The van der Waals surface area contributed by atoms with E-state index in [-0.39, 0.29) is 17.6 Å². The topological polar surface area (TPSA) is 63.2 Å². The Kier molecular flexibility index (Phi) is 6.48. The number of hydrogen-bond acceptors (Lipinski definition) is 5. The number of amides is 1. The Bertz CT molecular complexity index is 1300. The minimum atomic E-state index is -0.316. The maximum absolute atomic E-state index is 12.2. The van der Waals surface area contributed by atoms with Crippen molar-refractivity contribution in [2.45, 2.75) is 20.8 Å². The molecular weight excluding hydrogens is 438 g/mol. The molecule has 0 aliphatic carbocycles. The molecule has 0 aliphatic heterocycles. The van der Waals surface area contributed by atoms with Crippen molar-refractivity contribution in [3.63, 3.8) is 0 Å². The van der Waals surface area contributed by atoms with E-state index in [1.807, 2.05) is 62.4 Å². The molecule has 0 fully saturated rings. The van der Waals surface area contributed by atoms with E-state index in [9.17, 15) is 4.79 Å². The van der Waals surface area contributed by atoms with Gasteiger partial charge in [0.15, 0.2) is 11.7 Å². The molecule has 7 heteroatoms. The average Bonchev–Trinajstić information content (AvgIpc) is 3.16. The van der Waals surface area contributed by atoms with Gasteiger partial charge < -0.3 is 10.1 Å². The summed E-state index contributed by atoms with van der Waals surface area (Å²) >= 11 is 6.93. The van der Waals surface area contributed by atoms with Crippen LogP contribution in [-0.2, 0) is 4.79 Å². The van der Waals surface area contributed by atoms with E-state index in [0.717, 1.165) is 32.9 Å². The molecule has 4 aromatic rings. The Hall–Kier alpha value is -3.29. The van der Waals surface area contributed by atoms with Gasteiger partial charge in [-0.25, -0.2) is 4.98 Å². The Morgan fingerprint density at radius 1 is 1.00 bits per heavy atom. The molecule has 0 spiro atoms. The molecule has 5 nitrogen and oxygen atoms in total. The highest BCUT2D eigenvalue weighted by atomic mass is 32.1. The molecule has 1 aromatic heterocycles. The van der Waals surface area contributed by atoms with Crippen molar-refractivity contribution in [3.05, 3.63) is 77.4 Å². The highest BCUT2D eigenvalue weighted by molar-refractivity contribution is 7.80. The molecule has 3 aromatic carbocycles. The van der Waals surface area contributed by atoms with Gasteiger partial charge in [-0.1, -0.05) is 23.8 Å². The summed E-state index contributed by atoms with van der Waals surface area (Å²) in [6, 6.07) is 19.9. The van der Waals surface area contributed by atoms with Gasteiger partial charge in [-0.3, -0.25) is 10.1 Å². The van der Waals surface area contributed by atoms with Crippen LogP contribution >= 0.6 is 23.6 Å². The largest absolute Gasteiger partial charge is 0.483 e. The number of benzene rings is 3. The molecule has 162 valence electrons. The van der Waals surface area contributed by atoms with Crippen LogP contribution in [0.15, 0.2) is 60.7 Å². The van der Waals surface area contributed by atoms with Crippen molar-refractivity contribution < 1.29 is 9.53 Å². The average molecular weight is 462 g/mol. The maximum atomic E-state index is 12.2. The van der Waals surface area contributed by atoms with Gasteiger partial charge in [0.2, 0.25) is 0 Å². The van der Waals surface area contributed by atoms with Crippen molar-refractivity contribution in [2.24, 2.45) is 0 Å². The van der Waals surface area contributed by atoms with Crippen molar-refractivity contribution in [3.8, 4) is 16.3 Å². The molecule has 0 saturated heterocycles. The van der Waals surface area contributed by atoms with E-state index in [4.69, 9.17) is 21.9 Å².